The monoisotopic (exact) mass is 549 g/mol. The van der Waals surface area contributed by atoms with Crippen LogP contribution in [0.3, 0.4) is 0 Å². The number of aromatic hydroxyl groups is 1. The molecule has 39 heavy (non-hydrogen) atoms. The van der Waals surface area contributed by atoms with Crippen LogP contribution in [0.1, 0.15) is 15.9 Å². The van der Waals surface area contributed by atoms with E-state index in [4.69, 9.17) is 16.6 Å². The van der Waals surface area contributed by atoms with E-state index in [2.05, 4.69) is 40.6 Å². The van der Waals surface area contributed by atoms with Gasteiger partial charge in [0.25, 0.3) is 0 Å². The lowest BCUT2D eigenvalue weighted by Gasteiger charge is -2.33. The van der Waals surface area contributed by atoms with Crippen LogP contribution in [0, 0.1) is 0 Å². The van der Waals surface area contributed by atoms with Gasteiger partial charge in [-0.1, -0.05) is 18.3 Å². The van der Waals surface area contributed by atoms with Crippen molar-refractivity contribution in [2.75, 3.05) is 61.4 Å². The van der Waals surface area contributed by atoms with Gasteiger partial charge in [-0.05, 0) is 42.0 Å². The second-order valence-electron chi connectivity index (χ2n) is 11.5. The summed E-state index contributed by atoms with van der Waals surface area (Å²) in [5.41, 5.74) is 2.49. The van der Waals surface area contributed by atoms with E-state index in [9.17, 15) is 19.8 Å². The summed E-state index contributed by atoms with van der Waals surface area (Å²) < 4.78 is 7.67. The number of thiocarbonyl (C=S) groups is 1. The topological polar surface area (TPSA) is 99.8 Å². The predicted molar refractivity (Wildman–Crippen MR) is 158 cm³/mol. The number of likely N-dealkylation sites (N-methyl/N-ethyl adjacent to an activating group) is 2. The molecular formula is C30H35N3O5S+2. The van der Waals surface area contributed by atoms with Gasteiger partial charge in [-0.3, -0.25) is 4.79 Å². The highest BCUT2D eigenvalue weighted by molar-refractivity contribution is 7.80. The number of nitrogens with one attached hydrogen (secondary N) is 1. The summed E-state index contributed by atoms with van der Waals surface area (Å²) in [4.78, 5) is 24.9. The number of carbonyl (C=O) groups is 1. The van der Waals surface area contributed by atoms with Gasteiger partial charge in [-0.25, -0.2) is 4.79 Å². The molecule has 0 unspecified atom stereocenters. The first kappa shape index (κ1) is 28.2. The molecule has 9 heteroatoms. The van der Waals surface area contributed by atoms with Gasteiger partial charge in [0.1, 0.15) is 35.2 Å². The summed E-state index contributed by atoms with van der Waals surface area (Å²) >= 11 is 5.72. The molecule has 204 valence electrons. The van der Waals surface area contributed by atoms with Crippen LogP contribution in [-0.2, 0) is 0 Å². The highest BCUT2D eigenvalue weighted by Crippen LogP contribution is 2.42. The van der Waals surface area contributed by atoms with Gasteiger partial charge >= 0.3 is 5.97 Å². The zero-order valence-electron chi connectivity index (χ0n) is 22.9. The fourth-order valence-corrected chi connectivity index (χ4v) is 4.71. The molecule has 3 N–H and O–H groups in total. The van der Waals surface area contributed by atoms with Crippen molar-refractivity contribution in [3.63, 3.8) is 0 Å². The molecule has 2 aromatic carbocycles. The Morgan fingerprint density at radius 3 is 2.36 bits per heavy atom. The minimum absolute atomic E-state index is 0.00446. The number of fused-ring (bicyclic) bond motifs is 2. The summed E-state index contributed by atoms with van der Waals surface area (Å²) in [6, 6.07) is 14.1. The Morgan fingerprint density at radius 1 is 0.923 bits per heavy atom. The van der Waals surface area contributed by atoms with Crippen molar-refractivity contribution in [1.29, 1.82) is 0 Å². The summed E-state index contributed by atoms with van der Waals surface area (Å²) in [5, 5.41) is 24.1. The lowest BCUT2D eigenvalue weighted by Crippen LogP contribution is -2.51. The van der Waals surface area contributed by atoms with Gasteiger partial charge in [0.2, 0.25) is 0 Å². The maximum atomic E-state index is 12.3. The Kier molecular flexibility index (Phi) is 7.79. The van der Waals surface area contributed by atoms with Crippen LogP contribution >= 0.6 is 12.2 Å². The van der Waals surface area contributed by atoms with Crippen molar-refractivity contribution >= 4 is 34.1 Å². The van der Waals surface area contributed by atoms with Crippen LogP contribution in [0.15, 0.2) is 63.8 Å². The Bertz CT molecular complexity index is 1590. The lowest BCUT2D eigenvalue weighted by molar-refractivity contribution is -0.936. The number of carboxylic acid groups (broad SMARTS) is 1. The largest absolute Gasteiger partial charge is 0.508 e. The number of carboxylic acids is 1. The summed E-state index contributed by atoms with van der Waals surface area (Å²) in [6.07, 6.45) is 0. The number of phenolic OH excluding ortho intramolecular Hbond substituents is 1. The molecule has 0 spiro atoms. The Balaban J connectivity index is 1.72. The average molecular weight is 550 g/mol. The third-order valence-electron chi connectivity index (χ3n) is 6.84. The molecule has 1 aliphatic carbocycles. The Hall–Kier alpha value is -3.79. The zero-order valence-corrected chi connectivity index (χ0v) is 23.8. The van der Waals surface area contributed by atoms with Gasteiger partial charge in [0.05, 0.1) is 53.9 Å². The number of quaternary nitrogens is 2. The van der Waals surface area contributed by atoms with Crippen LogP contribution in [0.25, 0.3) is 33.4 Å². The fraction of sp³-hybridized carbons (Fsp3) is 0.300. The third kappa shape index (κ3) is 6.62. The highest BCUT2D eigenvalue weighted by atomic mass is 32.1. The van der Waals surface area contributed by atoms with Crippen molar-refractivity contribution in [1.82, 2.24) is 5.32 Å². The smallest absolute Gasteiger partial charge is 0.336 e. The lowest BCUT2D eigenvalue weighted by atomic mass is 9.89. The number of rotatable bonds is 9. The van der Waals surface area contributed by atoms with Gasteiger partial charge < -0.3 is 28.9 Å². The summed E-state index contributed by atoms with van der Waals surface area (Å²) in [5.74, 6) is -0.796. The van der Waals surface area contributed by atoms with E-state index in [0.717, 1.165) is 28.6 Å². The first-order chi connectivity index (χ1) is 18.2. The molecular weight excluding hydrogens is 514 g/mol. The van der Waals surface area contributed by atoms with E-state index in [0.29, 0.717) is 50.5 Å². The first-order valence-electron chi connectivity index (χ1n) is 12.7. The van der Waals surface area contributed by atoms with Gasteiger partial charge in [0, 0.05) is 34.2 Å². The molecule has 1 aliphatic heterocycles. The van der Waals surface area contributed by atoms with E-state index in [1.165, 1.54) is 24.3 Å². The maximum absolute atomic E-state index is 12.3. The molecule has 0 fully saturated rings. The minimum atomic E-state index is -1.09. The van der Waals surface area contributed by atoms with Crippen molar-refractivity contribution in [3.8, 4) is 28.2 Å². The maximum Gasteiger partial charge on any atom is 0.336 e. The van der Waals surface area contributed by atoms with Crippen LogP contribution < -0.4 is 10.7 Å². The molecule has 2 aliphatic rings. The minimum Gasteiger partial charge on any atom is -0.508 e. The second kappa shape index (κ2) is 10.8. The number of hydrogen-bond donors (Lipinski definition) is 3. The highest BCUT2D eigenvalue weighted by Gasteiger charge is 2.23. The van der Waals surface area contributed by atoms with Crippen molar-refractivity contribution in [2.24, 2.45) is 0 Å². The molecule has 0 saturated carbocycles. The molecule has 0 saturated heterocycles. The van der Waals surface area contributed by atoms with Crippen molar-refractivity contribution in [3.05, 3.63) is 75.9 Å². The second-order valence-corrected chi connectivity index (χ2v) is 11.9. The molecule has 0 aromatic heterocycles. The van der Waals surface area contributed by atoms with Crippen molar-refractivity contribution in [2.45, 2.75) is 0 Å². The van der Waals surface area contributed by atoms with Crippen molar-refractivity contribution < 1.29 is 28.4 Å². The molecule has 8 nitrogen and oxygen atoms in total. The number of nitrogens with zero attached hydrogens (tertiary/aromatic N) is 2. The predicted octanol–water partition coefficient (Wildman–Crippen LogP) is 4.02. The van der Waals surface area contributed by atoms with Crippen LogP contribution in [-0.4, -0.2) is 91.6 Å². The summed E-state index contributed by atoms with van der Waals surface area (Å²) in [7, 11) is 10.9. The Morgan fingerprint density at radius 2 is 1.67 bits per heavy atom. The molecule has 1 heterocycles. The standard InChI is InChI=1S/C30H33N3O5S/c1-32(2,3)14-15-33(4,5)13-12-31-29(39)19-6-9-22(30(36)37)25(16-19)28-23-10-7-20(34)17-26(23)38-27-18-21(35)8-11-24(27)28/h6-11,16-18H,12-15H2,1-5H3,(H-2,31,34,35,36,37,39)/p+2. The average Bonchev–Trinajstić information content (AvgIpc) is 2.85. The SMILES string of the molecule is C[N+](C)(C)CC[N+](C)(C)CCNC(=S)c1ccc(C(=O)O)c(-c2c3ccc(=O)cc-3oc3cc(O)ccc23)c1. The molecule has 0 amide bonds. The van der Waals surface area contributed by atoms with Crippen LogP contribution in [0.4, 0.5) is 0 Å². The molecule has 0 atom stereocenters. The summed E-state index contributed by atoms with van der Waals surface area (Å²) in [6.45, 7) is 3.61. The van der Waals surface area contributed by atoms with E-state index in [1.54, 1.807) is 30.3 Å². The van der Waals surface area contributed by atoms with Gasteiger partial charge in [-0.15, -0.1) is 0 Å². The van der Waals surface area contributed by atoms with Gasteiger partial charge in [0.15, 0.2) is 5.43 Å². The molecule has 2 aromatic rings. The number of aromatic carboxylic acids is 1. The first-order valence-corrected chi connectivity index (χ1v) is 13.1. The molecule has 4 rings (SSSR count). The quantitative estimate of drug-likeness (QED) is 0.165. The van der Waals surface area contributed by atoms with E-state index in [-0.39, 0.29) is 16.7 Å². The number of hydrogen-bond acceptors (Lipinski definition) is 5. The van der Waals surface area contributed by atoms with E-state index < -0.39 is 5.97 Å². The zero-order chi connectivity index (χ0) is 28.5. The number of benzene rings is 3. The molecule has 0 radical (unpaired) electrons. The van der Waals surface area contributed by atoms with E-state index in [1.807, 2.05) is 0 Å². The third-order valence-corrected chi connectivity index (χ3v) is 7.22. The van der Waals surface area contributed by atoms with E-state index >= 15 is 0 Å². The fourth-order valence-electron chi connectivity index (χ4n) is 4.48. The van der Waals surface area contributed by atoms with Gasteiger partial charge in [-0.2, -0.15) is 0 Å². The normalized spacial score (nSPS) is 12.1. The number of phenols is 1. The Labute approximate surface area is 233 Å². The van der Waals surface area contributed by atoms with Crippen LogP contribution in [0.5, 0.6) is 5.75 Å². The van der Waals surface area contributed by atoms with Crippen LogP contribution in [0.2, 0.25) is 0 Å². The molecule has 0 bridgehead atoms.